The number of nitrogens with one attached hydrogen (secondary N) is 2. The van der Waals surface area contributed by atoms with E-state index in [4.69, 9.17) is 26.6 Å². The van der Waals surface area contributed by atoms with Crippen LogP contribution in [0.5, 0.6) is 0 Å². The van der Waals surface area contributed by atoms with Gasteiger partial charge in [-0.15, -0.1) is 0 Å². The van der Waals surface area contributed by atoms with Crippen molar-refractivity contribution in [1.82, 2.24) is 25.3 Å². The SMILES string of the molecule is Clc1nc2c(N3CCC3)nc(N3CCNCC3)nc2nc1NCc1ccccc1. The zero-order valence-electron chi connectivity index (χ0n) is 16.1. The Hall–Kier alpha value is -2.71. The van der Waals surface area contributed by atoms with Gasteiger partial charge < -0.3 is 20.4 Å². The van der Waals surface area contributed by atoms with Crippen molar-refractivity contribution in [2.24, 2.45) is 0 Å². The van der Waals surface area contributed by atoms with Crippen molar-refractivity contribution in [2.75, 3.05) is 54.4 Å². The molecule has 8 nitrogen and oxygen atoms in total. The third-order valence-electron chi connectivity index (χ3n) is 5.32. The van der Waals surface area contributed by atoms with Gasteiger partial charge in [-0.2, -0.15) is 9.97 Å². The van der Waals surface area contributed by atoms with Crippen molar-refractivity contribution in [1.29, 1.82) is 0 Å². The molecular weight excluding hydrogens is 388 g/mol. The second kappa shape index (κ2) is 7.96. The molecule has 0 radical (unpaired) electrons. The highest BCUT2D eigenvalue weighted by Gasteiger charge is 2.25. The van der Waals surface area contributed by atoms with E-state index in [1.165, 1.54) is 0 Å². The molecule has 1 aromatic carbocycles. The zero-order valence-corrected chi connectivity index (χ0v) is 16.9. The van der Waals surface area contributed by atoms with E-state index in [0.717, 1.165) is 57.1 Å². The number of piperazine rings is 1. The lowest BCUT2D eigenvalue weighted by Gasteiger charge is -2.34. The standard InChI is InChI=1S/C20H23ClN8/c21-16-18(23-13-14-5-2-1-3-6-14)25-17-15(24-16)19(28-9-4-10-28)27-20(26-17)29-11-7-22-8-12-29/h1-3,5-6,22H,4,7-13H2,(H,23,25,26,27). The maximum atomic E-state index is 6.47. The Labute approximate surface area is 174 Å². The van der Waals surface area contributed by atoms with E-state index < -0.39 is 0 Å². The molecule has 150 valence electrons. The Morgan fingerprint density at radius 2 is 1.72 bits per heavy atom. The molecule has 0 bridgehead atoms. The first kappa shape index (κ1) is 18.3. The molecule has 29 heavy (non-hydrogen) atoms. The number of nitrogens with zero attached hydrogens (tertiary/aromatic N) is 6. The average molecular weight is 411 g/mol. The van der Waals surface area contributed by atoms with Gasteiger partial charge in [-0.3, -0.25) is 0 Å². The third kappa shape index (κ3) is 3.77. The molecule has 2 aromatic heterocycles. The van der Waals surface area contributed by atoms with Gasteiger partial charge in [0, 0.05) is 45.8 Å². The zero-order chi connectivity index (χ0) is 19.6. The second-order valence-corrected chi connectivity index (χ2v) is 7.66. The lowest BCUT2D eigenvalue weighted by atomic mass is 10.2. The van der Waals surface area contributed by atoms with E-state index in [2.05, 4.69) is 37.6 Å². The fourth-order valence-corrected chi connectivity index (χ4v) is 3.74. The third-order valence-corrected chi connectivity index (χ3v) is 5.58. The number of fused-ring (bicyclic) bond motifs is 1. The van der Waals surface area contributed by atoms with Crippen LogP contribution in [0.25, 0.3) is 11.2 Å². The van der Waals surface area contributed by atoms with E-state index in [1.54, 1.807) is 0 Å². The van der Waals surface area contributed by atoms with Crippen LogP contribution in [0.3, 0.4) is 0 Å². The Bertz CT molecular complexity index is 1000. The molecule has 0 spiro atoms. The number of hydrogen-bond donors (Lipinski definition) is 2. The monoisotopic (exact) mass is 410 g/mol. The summed E-state index contributed by atoms with van der Waals surface area (Å²) in [5.74, 6) is 2.09. The highest BCUT2D eigenvalue weighted by molar-refractivity contribution is 6.32. The summed E-state index contributed by atoms with van der Waals surface area (Å²) in [6, 6.07) is 10.1. The maximum Gasteiger partial charge on any atom is 0.229 e. The first-order valence-corrected chi connectivity index (χ1v) is 10.4. The normalized spacial score (nSPS) is 16.7. The number of rotatable bonds is 5. The summed E-state index contributed by atoms with van der Waals surface area (Å²) in [5.41, 5.74) is 2.39. The number of anilines is 3. The van der Waals surface area contributed by atoms with E-state index in [-0.39, 0.29) is 0 Å². The van der Waals surface area contributed by atoms with Crippen LogP contribution in [-0.4, -0.2) is 59.2 Å². The van der Waals surface area contributed by atoms with E-state index in [9.17, 15) is 0 Å². The molecular formula is C20H23ClN8. The van der Waals surface area contributed by atoms with Gasteiger partial charge in [0.2, 0.25) is 5.95 Å². The van der Waals surface area contributed by atoms with Gasteiger partial charge in [-0.1, -0.05) is 41.9 Å². The lowest BCUT2D eigenvalue weighted by molar-refractivity contribution is 0.576. The summed E-state index contributed by atoms with van der Waals surface area (Å²) >= 11 is 6.47. The molecule has 2 N–H and O–H groups in total. The molecule has 0 atom stereocenters. The molecule has 0 unspecified atom stereocenters. The lowest BCUT2D eigenvalue weighted by Crippen LogP contribution is -2.44. The van der Waals surface area contributed by atoms with Crippen molar-refractivity contribution in [2.45, 2.75) is 13.0 Å². The molecule has 2 aliphatic rings. The van der Waals surface area contributed by atoms with Crippen molar-refractivity contribution in [3.05, 3.63) is 41.0 Å². The first-order valence-electron chi connectivity index (χ1n) is 10.0. The van der Waals surface area contributed by atoms with E-state index in [0.29, 0.717) is 34.6 Å². The average Bonchev–Trinajstić information content (AvgIpc) is 2.73. The summed E-state index contributed by atoms with van der Waals surface area (Å²) in [5, 5.41) is 7.00. The molecule has 4 heterocycles. The van der Waals surface area contributed by atoms with Crippen molar-refractivity contribution in [3.63, 3.8) is 0 Å². The van der Waals surface area contributed by atoms with Crippen LogP contribution in [0.2, 0.25) is 5.15 Å². The Balaban J connectivity index is 1.52. The van der Waals surface area contributed by atoms with Gasteiger partial charge in [-0.05, 0) is 12.0 Å². The smallest absolute Gasteiger partial charge is 0.229 e. The Morgan fingerprint density at radius 3 is 2.45 bits per heavy atom. The number of benzene rings is 1. The quantitative estimate of drug-likeness (QED) is 0.663. The summed E-state index contributed by atoms with van der Waals surface area (Å²) in [6.45, 7) is 6.18. The minimum absolute atomic E-state index is 0.341. The van der Waals surface area contributed by atoms with Crippen LogP contribution in [0.15, 0.2) is 30.3 Å². The summed E-state index contributed by atoms with van der Waals surface area (Å²) in [4.78, 5) is 23.3. The van der Waals surface area contributed by atoms with Crippen molar-refractivity contribution < 1.29 is 0 Å². The molecule has 2 saturated heterocycles. The van der Waals surface area contributed by atoms with Crippen LogP contribution in [-0.2, 0) is 6.54 Å². The molecule has 0 amide bonds. The fourth-order valence-electron chi connectivity index (χ4n) is 3.55. The topological polar surface area (TPSA) is 82.1 Å². The van der Waals surface area contributed by atoms with Crippen LogP contribution in [0, 0.1) is 0 Å². The molecule has 9 heteroatoms. The van der Waals surface area contributed by atoms with Gasteiger partial charge in [-0.25, -0.2) is 9.97 Å². The van der Waals surface area contributed by atoms with Crippen molar-refractivity contribution in [3.8, 4) is 0 Å². The summed E-state index contributed by atoms with van der Waals surface area (Å²) in [7, 11) is 0. The van der Waals surface area contributed by atoms with Crippen LogP contribution in [0.1, 0.15) is 12.0 Å². The van der Waals surface area contributed by atoms with Crippen LogP contribution < -0.4 is 20.4 Å². The number of aromatic nitrogens is 4. The van der Waals surface area contributed by atoms with Crippen LogP contribution >= 0.6 is 11.6 Å². The van der Waals surface area contributed by atoms with Crippen molar-refractivity contribution >= 4 is 40.3 Å². The molecule has 5 rings (SSSR count). The van der Waals surface area contributed by atoms with Gasteiger partial charge in [0.25, 0.3) is 0 Å². The predicted octanol–water partition coefficient (Wildman–Crippen LogP) is 2.30. The van der Waals surface area contributed by atoms with Gasteiger partial charge in [0.05, 0.1) is 0 Å². The van der Waals surface area contributed by atoms with E-state index >= 15 is 0 Å². The molecule has 3 aromatic rings. The Morgan fingerprint density at radius 1 is 0.931 bits per heavy atom. The Kier molecular flexibility index (Phi) is 5.03. The van der Waals surface area contributed by atoms with Crippen LogP contribution in [0.4, 0.5) is 17.6 Å². The highest BCUT2D eigenvalue weighted by Crippen LogP contribution is 2.30. The van der Waals surface area contributed by atoms with Gasteiger partial charge in [0.1, 0.15) is 0 Å². The largest absolute Gasteiger partial charge is 0.363 e. The maximum absolute atomic E-state index is 6.47. The second-order valence-electron chi connectivity index (χ2n) is 7.30. The predicted molar refractivity (Wildman–Crippen MR) is 116 cm³/mol. The molecule has 0 aliphatic carbocycles. The summed E-state index contributed by atoms with van der Waals surface area (Å²) < 4.78 is 0. The van der Waals surface area contributed by atoms with Gasteiger partial charge >= 0.3 is 0 Å². The highest BCUT2D eigenvalue weighted by atomic mass is 35.5. The number of halogens is 1. The molecule has 0 saturated carbocycles. The van der Waals surface area contributed by atoms with Gasteiger partial charge in [0.15, 0.2) is 28.0 Å². The fraction of sp³-hybridized carbons (Fsp3) is 0.400. The first-order chi connectivity index (χ1) is 14.3. The number of hydrogen-bond acceptors (Lipinski definition) is 8. The minimum Gasteiger partial charge on any atom is -0.363 e. The van der Waals surface area contributed by atoms with E-state index in [1.807, 2.05) is 18.2 Å². The molecule has 2 fully saturated rings. The summed E-state index contributed by atoms with van der Waals surface area (Å²) in [6.07, 6.45) is 1.16. The minimum atomic E-state index is 0.341. The molecule has 2 aliphatic heterocycles.